The SMILES string of the molecule is C=C/C(Cl)=C(\C(F)=C/C)N(CCC)CCCC(C)C(C)C(O)Nc1ccc(F)c(CC)c1. The zero-order chi connectivity index (χ0) is 24.3. The fourth-order valence-electron chi connectivity index (χ4n) is 3.67. The van der Waals surface area contributed by atoms with E-state index in [0.29, 0.717) is 41.5 Å². The van der Waals surface area contributed by atoms with Gasteiger partial charge in [0.2, 0.25) is 0 Å². The van der Waals surface area contributed by atoms with Crippen molar-refractivity contribution in [3.05, 3.63) is 64.9 Å². The lowest BCUT2D eigenvalue weighted by Crippen LogP contribution is -2.32. The molecular weight excluding hydrogens is 430 g/mol. The van der Waals surface area contributed by atoms with Gasteiger partial charge in [0.05, 0.1) is 10.7 Å². The average molecular weight is 469 g/mol. The van der Waals surface area contributed by atoms with Crippen molar-refractivity contribution in [1.82, 2.24) is 4.90 Å². The highest BCUT2D eigenvalue weighted by Gasteiger charge is 2.22. The Hall–Kier alpha value is -1.85. The number of hydrogen-bond acceptors (Lipinski definition) is 3. The Bertz CT molecular complexity index is 794. The van der Waals surface area contributed by atoms with Gasteiger partial charge in [-0.05, 0) is 74.4 Å². The number of nitrogens with zero attached hydrogens (tertiary/aromatic N) is 1. The van der Waals surface area contributed by atoms with E-state index in [1.54, 1.807) is 19.1 Å². The predicted molar refractivity (Wildman–Crippen MR) is 133 cm³/mol. The lowest BCUT2D eigenvalue weighted by molar-refractivity contribution is 0.107. The van der Waals surface area contributed by atoms with Gasteiger partial charge in [-0.3, -0.25) is 0 Å². The maximum absolute atomic E-state index is 14.5. The van der Waals surface area contributed by atoms with E-state index in [-0.39, 0.29) is 23.5 Å². The standard InChI is InChI=1S/C26H39ClF2N2O/c1-7-15-31(25(22(27)9-3)23(28)10-4)16-11-12-18(5)19(6)26(32)30-21-13-14-24(29)20(8-2)17-21/h9-10,13-14,17-19,26,30,32H,3,7-8,11-12,15-16H2,1-2,4-6H3/b23-10+,25-22-. The monoisotopic (exact) mass is 468 g/mol. The molecule has 3 nitrogen and oxygen atoms in total. The third-order valence-electron chi connectivity index (χ3n) is 5.92. The van der Waals surface area contributed by atoms with Crippen molar-refractivity contribution in [2.45, 2.75) is 66.5 Å². The normalized spacial score (nSPS) is 15.6. The maximum atomic E-state index is 14.5. The molecule has 180 valence electrons. The van der Waals surface area contributed by atoms with Gasteiger partial charge in [-0.2, -0.15) is 0 Å². The van der Waals surface area contributed by atoms with E-state index in [0.717, 1.165) is 19.3 Å². The van der Waals surface area contributed by atoms with Crippen molar-refractivity contribution in [2.24, 2.45) is 11.8 Å². The van der Waals surface area contributed by atoms with Gasteiger partial charge in [0, 0.05) is 24.7 Å². The van der Waals surface area contributed by atoms with Crippen LogP contribution in [-0.4, -0.2) is 29.3 Å². The van der Waals surface area contributed by atoms with Crippen LogP contribution < -0.4 is 5.32 Å². The van der Waals surface area contributed by atoms with E-state index in [1.165, 1.54) is 18.2 Å². The Morgan fingerprint density at radius 2 is 1.97 bits per heavy atom. The number of aliphatic hydroxyl groups is 1. The van der Waals surface area contributed by atoms with Crippen LogP contribution in [0.4, 0.5) is 14.5 Å². The molecule has 0 saturated carbocycles. The number of aryl methyl sites for hydroxylation is 1. The maximum Gasteiger partial charge on any atom is 0.143 e. The van der Waals surface area contributed by atoms with Crippen LogP contribution in [0.15, 0.2) is 53.5 Å². The fourth-order valence-corrected chi connectivity index (χ4v) is 3.88. The summed E-state index contributed by atoms with van der Waals surface area (Å²) in [6.07, 6.45) is 5.28. The topological polar surface area (TPSA) is 35.5 Å². The minimum absolute atomic E-state index is 0.0243. The van der Waals surface area contributed by atoms with E-state index in [1.807, 2.05) is 25.7 Å². The highest BCUT2D eigenvalue weighted by Crippen LogP contribution is 2.27. The quantitative estimate of drug-likeness (QED) is 0.220. The summed E-state index contributed by atoms with van der Waals surface area (Å²) in [4.78, 5) is 1.97. The van der Waals surface area contributed by atoms with Crippen LogP contribution in [0.25, 0.3) is 0 Å². The Kier molecular flexibility index (Phi) is 12.6. The van der Waals surface area contributed by atoms with Crippen LogP contribution in [-0.2, 0) is 6.42 Å². The summed E-state index contributed by atoms with van der Waals surface area (Å²) in [5, 5.41) is 14.1. The first kappa shape index (κ1) is 28.2. The lowest BCUT2D eigenvalue weighted by atomic mass is 9.90. The molecule has 3 atom stereocenters. The lowest BCUT2D eigenvalue weighted by Gasteiger charge is -2.30. The van der Waals surface area contributed by atoms with Gasteiger partial charge in [-0.15, -0.1) is 0 Å². The number of anilines is 1. The molecule has 6 heteroatoms. The van der Waals surface area contributed by atoms with Crippen molar-refractivity contribution < 1.29 is 13.9 Å². The van der Waals surface area contributed by atoms with E-state index in [2.05, 4.69) is 18.8 Å². The van der Waals surface area contributed by atoms with Crippen LogP contribution >= 0.6 is 11.6 Å². The molecule has 0 aliphatic heterocycles. The highest BCUT2D eigenvalue weighted by atomic mass is 35.5. The van der Waals surface area contributed by atoms with Gasteiger partial charge in [0.1, 0.15) is 17.9 Å². The molecule has 1 aromatic carbocycles. The van der Waals surface area contributed by atoms with Crippen LogP contribution in [0.1, 0.15) is 59.4 Å². The molecule has 0 saturated heterocycles. The number of aliphatic hydroxyl groups excluding tert-OH is 1. The van der Waals surface area contributed by atoms with Crippen LogP contribution in [0.5, 0.6) is 0 Å². The Morgan fingerprint density at radius 1 is 1.28 bits per heavy atom. The number of nitrogens with one attached hydrogen (secondary N) is 1. The number of hydrogen-bond donors (Lipinski definition) is 2. The molecule has 0 bridgehead atoms. The largest absolute Gasteiger partial charge is 0.374 e. The zero-order valence-electron chi connectivity index (χ0n) is 20.1. The number of halogens is 3. The molecular formula is C26H39ClF2N2O. The van der Waals surface area contributed by atoms with Gasteiger partial charge < -0.3 is 15.3 Å². The van der Waals surface area contributed by atoms with Crippen LogP contribution in [0.3, 0.4) is 0 Å². The van der Waals surface area contributed by atoms with Crippen molar-refractivity contribution in [3.63, 3.8) is 0 Å². The molecule has 0 aliphatic carbocycles. The summed E-state index contributed by atoms with van der Waals surface area (Å²) in [6.45, 7) is 14.7. The smallest absolute Gasteiger partial charge is 0.143 e. The van der Waals surface area contributed by atoms with E-state index >= 15 is 0 Å². The van der Waals surface area contributed by atoms with E-state index in [4.69, 9.17) is 11.6 Å². The number of benzene rings is 1. The van der Waals surface area contributed by atoms with Gasteiger partial charge in [-0.25, -0.2) is 8.78 Å². The van der Waals surface area contributed by atoms with Crippen molar-refractivity contribution in [3.8, 4) is 0 Å². The van der Waals surface area contributed by atoms with Crippen molar-refractivity contribution >= 4 is 17.3 Å². The van der Waals surface area contributed by atoms with Gasteiger partial charge in [0.15, 0.2) is 0 Å². The third kappa shape index (κ3) is 8.25. The Labute approximate surface area is 197 Å². The number of rotatable bonds is 14. The van der Waals surface area contributed by atoms with Crippen molar-refractivity contribution in [2.75, 3.05) is 18.4 Å². The number of allylic oxidation sites excluding steroid dienone is 4. The molecule has 1 rings (SSSR count). The molecule has 3 unspecified atom stereocenters. The van der Waals surface area contributed by atoms with Crippen LogP contribution in [0.2, 0.25) is 0 Å². The van der Waals surface area contributed by atoms with Gasteiger partial charge >= 0.3 is 0 Å². The molecule has 32 heavy (non-hydrogen) atoms. The van der Waals surface area contributed by atoms with E-state index < -0.39 is 6.23 Å². The third-order valence-corrected chi connectivity index (χ3v) is 6.25. The molecule has 0 fully saturated rings. The van der Waals surface area contributed by atoms with E-state index in [9.17, 15) is 13.9 Å². The minimum atomic E-state index is -0.752. The van der Waals surface area contributed by atoms with Gasteiger partial charge in [-0.1, -0.05) is 45.9 Å². The molecule has 0 aliphatic rings. The summed E-state index contributed by atoms with van der Waals surface area (Å²) < 4.78 is 28.2. The zero-order valence-corrected chi connectivity index (χ0v) is 20.9. The molecule has 1 aromatic rings. The summed E-state index contributed by atoms with van der Waals surface area (Å²) in [5.74, 6) is -0.384. The second-order valence-electron chi connectivity index (χ2n) is 8.25. The first-order chi connectivity index (χ1) is 15.2. The second-order valence-corrected chi connectivity index (χ2v) is 8.66. The summed E-state index contributed by atoms with van der Waals surface area (Å²) in [5.41, 5.74) is 1.71. The Balaban J connectivity index is 2.74. The predicted octanol–water partition coefficient (Wildman–Crippen LogP) is 7.39. The van der Waals surface area contributed by atoms with Gasteiger partial charge in [0.25, 0.3) is 0 Å². The second kappa shape index (κ2) is 14.3. The molecule has 0 radical (unpaired) electrons. The fraction of sp³-hybridized carbons (Fsp3) is 0.538. The molecule has 0 heterocycles. The summed E-state index contributed by atoms with van der Waals surface area (Å²) in [7, 11) is 0. The first-order valence-electron chi connectivity index (χ1n) is 11.5. The molecule has 0 amide bonds. The van der Waals surface area contributed by atoms with Crippen molar-refractivity contribution in [1.29, 1.82) is 0 Å². The first-order valence-corrected chi connectivity index (χ1v) is 11.9. The minimum Gasteiger partial charge on any atom is -0.374 e. The highest BCUT2D eigenvalue weighted by molar-refractivity contribution is 6.31. The molecule has 2 N–H and O–H groups in total. The molecule has 0 spiro atoms. The summed E-state index contributed by atoms with van der Waals surface area (Å²) in [6, 6.07) is 4.81. The molecule has 0 aromatic heterocycles. The summed E-state index contributed by atoms with van der Waals surface area (Å²) >= 11 is 6.25. The Morgan fingerprint density at radius 3 is 2.53 bits per heavy atom. The van der Waals surface area contributed by atoms with Crippen LogP contribution in [0, 0.1) is 17.7 Å². The average Bonchev–Trinajstić information content (AvgIpc) is 2.79.